The summed E-state index contributed by atoms with van der Waals surface area (Å²) in [6.07, 6.45) is 0.503. The third-order valence-electron chi connectivity index (χ3n) is 5.26. The molecule has 0 bridgehead atoms. The molecule has 0 saturated carbocycles. The monoisotopic (exact) mass is 415 g/mol. The van der Waals surface area contributed by atoms with Crippen LogP contribution in [0.1, 0.15) is 12.0 Å². The Bertz CT molecular complexity index is 1120. The van der Waals surface area contributed by atoms with E-state index in [1.807, 2.05) is 0 Å². The Hall–Kier alpha value is -2.70. The molecule has 1 saturated heterocycles. The van der Waals surface area contributed by atoms with Crippen molar-refractivity contribution in [3.8, 4) is 22.5 Å². The minimum Gasteiger partial charge on any atom is -0.383 e. The zero-order valence-electron chi connectivity index (χ0n) is 15.4. The molecule has 7 N–H and O–H groups in total. The van der Waals surface area contributed by atoms with Gasteiger partial charge < -0.3 is 16.2 Å². The van der Waals surface area contributed by atoms with Crippen molar-refractivity contribution in [2.45, 2.75) is 23.0 Å². The summed E-state index contributed by atoms with van der Waals surface area (Å²) in [6, 6.07) is 11.5. The number of piperidine rings is 1. The molecule has 4 rings (SSSR count). The van der Waals surface area contributed by atoms with Crippen molar-refractivity contribution in [2.24, 2.45) is 10.9 Å². The lowest BCUT2D eigenvalue weighted by atomic mass is 9.81. The van der Waals surface area contributed by atoms with E-state index in [-0.39, 0.29) is 16.3 Å². The van der Waals surface area contributed by atoms with E-state index in [4.69, 9.17) is 10.9 Å². The van der Waals surface area contributed by atoms with E-state index in [1.165, 1.54) is 6.07 Å². The number of tetrazole rings is 1. The lowest BCUT2D eigenvalue weighted by Crippen LogP contribution is -2.56. The Labute approximate surface area is 167 Å². The number of nitrogens with zero attached hydrogens (tertiary/aromatic N) is 3. The van der Waals surface area contributed by atoms with Gasteiger partial charge in [-0.25, -0.2) is 13.6 Å². The molecule has 0 radical (unpaired) electrons. The number of aromatic amines is 1. The van der Waals surface area contributed by atoms with Crippen LogP contribution in [-0.4, -0.2) is 53.3 Å². The van der Waals surface area contributed by atoms with E-state index in [9.17, 15) is 13.5 Å². The highest BCUT2D eigenvalue weighted by molar-refractivity contribution is 7.89. The van der Waals surface area contributed by atoms with Crippen LogP contribution >= 0.6 is 0 Å². The topological polar surface area (TPSA) is 173 Å². The fourth-order valence-corrected chi connectivity index (χ4v) is 4.45. The highest BCUT2D eigenvalue weighted by Crippen LogP contribution is 2.36. The number of H-pyrrole nitrogens is 1. The number of nitrogens with two attached hydrogens (primary N) is 2. The lowest BCUT2D eigenvalue weighted by molar-refractivity contribution is -0.0123. The molecule has 0 amide bonds. The predicted molar refractivity (Wildman–Crippen MR) is 106 cm³/mol. The smallest absolute Gasteiger partial charge is 0.238 e. The van der Waals surface area contributed by atoms with Crippen LogP contribution in [0.25, 0.3) is 22.5 Å². The summed E-state index contributed by atoms with van der Waals surface area (Å²) in [7, 11) is -4.02. The zero-order valence-corrected chi connectivity index (χ0v) is 16.2. The minimum absolute atomic E-state index is 0.0977. The van der Waals surface area contributed by atoms with E-state index >= 15 is 0 Å². The van der Waals surface area contributed by atoms with E-state index in [0.717, 1.165) is 0 Å². The molecule has 3 aromatic rings. The normalized spacial score (nSPS) is 22.5. The Morgan fingerprint density at radius 1 is 1.17 bits per heavy atom. The second-order valence-electron chi connectivity index (χ2n) is 7.02. The molecule has 10 nitrogen and oxygen atoms in total. The van der Waals surface area contributed by atoms with Crippen LogP contribution in [0.15, 0.2) is 47.4 Å². The van der Waals surface area contributed by atoms with Gasteiger partial charge in [-0.3, -0.25) is 0 Å². The minimum atomic E-state index is -4.02. The number of nitrogens with one attached hydrogen (secondary N) is 2. The third kappa shape index (κ3) is 3.54. The highest BCUT2D eigenvalue weighted by Gasteiger charge is 2.38. The number of aromatic nitrogens is 4. The summed E-state index contributed by atoms with van der Waals surface area (Å²) < 4.78 is 24.2. The largest absolute Gasteiger partial charge is 0.383 e. The summed E-state index contributed by atoms with van der Waals surface area (Å²) in [5.41, 5.74) is 7.26. The molecule has 2 unspecified atom stereocenters. The molecule has 11 heteroatoms. The van der Waals surface area contributed by atoms with Crippen molar-refractivity contribution >= 4 is 10.0 Å². The standard InChI is InChI=1S/C18H21N7O3S/c19-15-10-21-9-8-18(15,26)12-6-4-11(5-7-12)13-2-1-3-14(29(20,27)28)16(13)17-22-24-25-23-17/h1-7,15,21,26H,8-10,19H2,(H2,20,27,28)(H,22,23,24,25). The molecule has 0 spiro atoms. The van der Waals surface area contributed by atoms with E-state index < -0.39 is 21.7 Å². The van der Waals surface area contributed by atoms with Gasteiger partial charge in [0.05, 0.1) is 16.5 Å². The quantitative estimate of drug-likeness (QED) is 0.386. The summed E-state index contributed by atoms with van der Waals surface area (Å²) in [5, 5.41) is 33.3. The van der Waals surface area contributed by atoms with Crippen LogP contribution in [0, 0.1) is 0 Å². The molecule has 2 aromatic carbocycles. The average molecular weight is 415 g/mol. The fraction of sp³-hybridized carbons (Fsp3) is 0.278. The number of primary sulfonamides is 1. The van der Waals surface area contributed by atoms with Gasteiger partial charge in [-0.15, -0.1) is 10.2 Å². The number of benzene rings is 2. The molecule has 1 aromatic heterocycles. The first kappa shape index (κ1) is 19.6. The van der Waals surface area contributed by atoms with Crippen LogP contribution in [0.4, 0.5) is 0 Å². The van der Waals surface area contributed by atoms with E-state index in [0.29, 0.717) is 36.2 Å². The summed E-state index contributed by atoms with van der Waals surface area (Å²) >= 11 is 0. The van der Waals surface area contributed by atoms with Gasteiger partial charge in [0.25, 0.3) is 0 Å². The SMILES string of the molecule is NC1CNCCC1(O)c1ccc(-c2cccc(S(N)(=O)=O)c2-c2nn[nH]n2)cc1. The van der Waals surface area contributed by atoms with Gasteiger partial charge in [-0.05, 0) is 40.9 Å². The number of rotatable bonds is 4. The Kier molecular flexibility index (Phi) is 4.92. The number of hydrogen-bond donors (Lipinski definition) is 5. The second kappa shape index (κ2) is 7.28. The first-order valence-electron chi connectivity index (χ1n) is 9.00. The highest BCUT2D eigenvalue weighted by atomic mass is 32.2. The third-order valence-corrected chi connectivity index (χ3v) is 6.21. The Balaban J connectivity index is 1.82. The van der Waals surface area contributed by atoms with Crippen LogP contribution in [-0.2, 0) is 15.6 Å². The Morgan fingerprint density at radius 3 is 2.55 bits per heavy atom. The number of hydrogen-bond acceptors (Lipinski definition) is 8. The van der Waals surface area contributed by atoms with Gasteiger partial charge in [-0.1, -0.05) is 36.4 Å². The molecular formula is C18H21N7O3S. The maximum absolute atomic E-state index is 12.1. The molecular weight excluding hydrogens is 394 g/mol. The number of aliphatic hydroxyl groups is 1. The average Bonchev–Trinajstić information content (AvgIpc) is 3.24. The van der Waals surface area contributed by atoms with Crippen molar-refractivity contribution in [1.29, 1.82) is 0 Å². The van der Waals surface area contributed by atoms with Gasteiger partial charge in [0, 0.05) is 6.54 Å². The van der Waals surface area contributed by atoms with Crippen molar-refractivity contribution < 1.29 is 13.5 Å². The lowest BCUT2D eigenvalue weighted by Gasteiger charge is -2.38. The van der Waals surface area contributed by atoms with Gasteiger partial charge >= 0.3 is 0 Å². The molecule has 1 fully saturated rings. The first-order chi connectivity index (χ1) is 13.8. The van der Waals surface area contributed by atoms with Crippen LogP contribution < -0.4 is 16.2 Å². The molecule has 1 aliphatic heterocycles. The van der Waals surface area contributed by atoms with E-state index in [2.05, 4.69) is 25.9 Å². The molecule has 0 aliphatic carbocycles. The van der Waals surface area contributed by atoms with Crippen molar-refractivity contribution in [1.82, 2.24) is 25.9 Å². The van der Waals surface area contributed by atoms with Gasteiger partial charge in [0.1, 0.15) is 5.60 Å². The number of sulfonamides is 1. The van der Waals surface area contributed by atoms with Gasteiger partial charge in [-0.2, -0.15) is 5.21 Å². The van der Waals surface area contributed by atoms with Crippen molar-refractivity contribution in [3.05, 3.63) is 48.0 Å². The van der Waals surface area contributed by atoms with Crippen molar-refractivity contribution in [2.75, 3.05) is 13.1 Å². The summed E-state index contributed by atoms with van der Waals surface area (Å²) in [6.45, 7) is 1.20. The maximum Gasteiger partial charge on any atom is 0.238 e. The molecule has 2 atom stereocenters. The Morgan fingerprint density at radius 2 is 1.93 bits per heavy atom. The zero-order chi connectivity index (χ0) is 20.6. The summed E-state index contributed by atoms with van der Waals surface area (Å²) in [5.74, 6) is 0.118. The molecule has 1 aliphatic rings. The molecule has 152 valence electrons. The predicted octanol–water partition coefficient (Wildman–Crippen LogP) is -0.311. The first-order valence-corrected chi connectivity index (χ1v) is 10.5. The second-order valence-corrected chi connectivity index (χ2v) is 8.55. The van der Waals surface area contributed by atoms with Crippen LogP contribution in [0.2, 0.25) is 0 Å². The van der Waals surface area contributed by atoms with Crippen molar-refractivity contribution in [3.63, 3.8) is 0 Å². The van der Waals surface area contributed by atoms with Gasteiger partial charge in [0.2, 0.25) is 15.8 Å². The van der Waals surface area contributed by atoms with Crippen LogP contribution in [0.5, 0.6) is 0 Å². The molecule has 2 heterocycles. The fourth-order valence-electron chi connectivity index (χ4n) is 3.69. The van der Waals surface area contributed by atoms with E-state index in [1.54, 1.807) is 36.4 Å². The van der Waals surface area contributed by atoms with Gasteiger partial charge in [0.15, 0.2) is 0 Å². The van der Waals surface area contributed by atoms with Crippen LogP contribution in [0.3, 0.4) is 0 Å². The maximum atomic E-state index is 12.1. The molecule has 29 heavy (non-hydrogen) atoms. The summed E-state index contributed by atoms with van der Waals surface area (Å²) in [4.78, 5) is -0.0977.